The van der Waals surface area contributed by atoms with Gasteiger partial charge in [0.2, 0.25) is 4.77 Å². The molecule has 1 aromatic heterocycles. The Morgan fingerprint density at radius 1 is 1.08 bits per heavy atom. The van der Waals surface area contributed by atoms with Crippen LogP contribution in [-0.2, 0) is 5.41 Å². The molecule has 1 heterocycles. The van der Waals surface area contributed by atoms with Crippen LogP contribution in [0.5, 0.6) is 0 Å². The molecule has 1 N–H and O–H groups in total. The maximum absolute atomic E-state index is 6.19. The molecule has 26 heavy (non-hydrogen) atoms. The van der Waals surface area contributed by atoms with Crippen LogP contribution in [0.3, 0.4) is 0 Å². The van der Waals surface area contributed by atoms with Gasteiger partial charge < -0.3 is 0 Å². The van der Waals surface area contributed by atoms with Crippen molar-refractivity contribution in [3.05, 3.63) is 68.4 Å². The number of aromatic amines is 1. The van der Waals surface area contributed by atoms with Crippen LogP contribution in [-0.4, -0.2) is 21.1 Å². The molecule has 3 aromatic rings. The predicted molar refractivity (Wildman–Crippen MR) is 111 cm³/mol. The first kappa shape index (κ1) is 18.8. The maximum Gasteiger partial charge on any atom is 0.216 e. The molecule has 0 aliphatic rings. The van der Waals surface area contributed by atoms with Crippen LogP contribution in [0.25, 0.3) is 11.4 Å². The molecule has 0 atom stereocenters. The van der Waals surface area contributed by atoms with Crippen LogP contribution in [0.2, 0.25) is 10.0 Å². The molecule has 0 saturated carbocycles. The van der Waals surface area contributed by atoms with Gasteiger partial charge in [0.1, 0.15) is 0 Å². The van der Waals surface area contributed by atoms with Crippen molar-refractivity contribution in [2.75, 3.05) is 0 Å². The van der Waals surface area contributed by atoms with Crippen LogP contribution in [0.4, 0.5) is 0 Å². The highest BCUT2D eigenvalue weighted by Crippen LogP contribution is 2.26. The quantitative estimate of drug-likeness (QED) is 0.423. The molecule has 2 aromatic carbocycles. The minimum atomic E-state index is 0.0855. The lowest BCUT2D eigenvalue weighted by molar-refractivity contribution is 0.590. The Morgan fingerprint density at radius 3 is 2.27 bits per heavy atom. The molecule has 0 radical (unpaired) electrons. The number of benzene rings is 2. The van der Waals surface area contributed by atoms with Crippen LogP contribution < -0.4 is 0 Å². The molecule has 7 heteroatoms. The Labute approximate surface area is 167 Å². The fraction of sp³-hybridized carbons (Fsp3) is 0.211. The molecule has 3 rings (SSSR count). The summed E-state index contributed by atoms with van der Waals surface area (Å²) in [5, 5.41) is 12.6. The number of halogens is 2. The average molecular weight is 405 g/mol. The summed E-state index contributed by atoms with van der Waals surface area (Å²) >= 11 is 17.7. The van der Waals surface area contributed by atoms with Crippen LogP contribution in [0.15, 0.2) is 47.6 Å². The van der Waals surface area contributed by atoms with E-state index in [-0.39, 0.29) is 5.41 Å². The van der Waals surface area contributed by atoms with E-state index >= 15 is 0 Å². The first-order chi connectivity index (χ1) is 12.3. The lowest BCUT2D eigenvalue weighted by atomic mass is 9.87. The lowest BCUT2D eigenvalue weighted by Crippen LogP contribution is -2.10. The monoisotopic (exact) mass is 404 g/mol. The Morgan fingerprint density at radius 2 is 1.69 bits per heavy atom. The molecule has 4 nitrogen and oxygen atoms in total. The number of nitrogens with one attached hydrogen (secondary N) is 1. The number of nitrogens with zero attached hydrogens (tertiary/aromatic N) is 3. The van der Waals surface area contributed by atoms with Crippen molar-refractivity contribution in [2.24, 2.45) is 5.10 Å². The van der Waals surface area contributed by atoms with Gasteiger partial charge in [-0.1, -0.05) is 74.3 Å². The van der Waals surface area contributed by atoms with Gasteiger partial charge in [-0.15, -0.1) is 0 Å². The Bertz CT molecular complexity index is 991. The number of aromatic nitrogens is 3. The summed E-state index contributed by atoms with van der Waals surface area (Å²) in [6, 6.07) is 13.5. The van der Waals surface area contributed by atoms with E-state index in [2.05, 4.69) is 48.2 Å². The van der Waals surface area contributed by atoms with Gasteiger partial charge in [0.25, 0.3) is 0 Å². The normalized spacial score (nSPS) is 12.0. The molecule has 0 amide bonds. The number of hydrogen-bond donors (Lipinski definition) is 1. The van der Waals surface area contributed by atoms with Crippen LogP contribution in [0.1, 0.15) is 31.9 Å². The second kappa shape index (κ2) is 7.35. The van der Waals surface area contributed by atoms with Crippen molar-refractivity contribution in [2.45, 2.75) is 26.2 Å². The van der Waals surface area contributed by atoms with E-state index in [9.17, 15) is 0 Å². The zero-order valence-electron chi connectivity index (χ0n) is 14.6. The molecule has 0 aliphatic heterocycles. The third-order valence-electron chi connectivity index (χ3n) is 3.96. The molecule has 134 valence electrons. The van der Waals surface area contributed by atoms with Gasteiger partial charge in [-0.3, -0.25) is 0 Å². The van der Waals surface area contributed by atoms with Gasteiger partial charge in [-0.05, 0) is 35.3 Å². The zero-order valence-corrected chi connectivity index (χ0v) is 17.0. The summed E-state index contributed by atoms with van der Waals surface area (Å²) in [6.07, 6.45) is 1.59. The largest absolute Gasteiger partial charge is 0.250 e. The molecular weight excluding hydrogens is 387 g/mol. The third kappa shape index (κ3) is 3.90. The topological polar surface area (TPSA) is 46.0 Å². The van der Waals surface area contributed by atoms with E-state index in [1.807, 2.05) is 12.1 Å². The van der Waals surface area contributed by atoms with E-state index in [0.717, 1.165) is 5.56 Å². The molecule has 0 aliphatic carbocycles. The first-order valence-corrected chi connectivity index (χ1v) is 9.20. The first-order valence-electron chi connectivity index (χ1n) is 8.04. The number of H-pyrrole nitrogens is 1. The van der Waals surface area contributed by atoms with Crippen molar-refractivity contribution in [3.8, 4) is 11.4 Å². The van der Waals surface area contributed by atoms with Crippen molar-refractivity contribution in [1.82, 2.24) is 14.9 Å². The second-order valence-electron chi connectivity index (χ2n) is 6.87. The smallest absolute Gasteiger partial charge is 0.216 e. The second-order valence-corrected chi connectivity index (χ2v) is 8.07. The highest BCUT2D eigenvalue weighted by atomic mass is 35.5. The summed E-state index contributed by atoms with van der Waals surface area (Å²) in [6.45, 7) is 6.53. The molecule has 0 saturated heterocycles. The summed E-state index contributed by atoms with van der Waals surface area (Å²) in [5.41, 5.74) is 2.87. The zero-order chi connectivity index (χ0) is 18.9. The van der Waals surface area contributed by atoms with Crippen molar-refractivity contribution < 1.29 is 0 Å². The highest BCUT2D eigenvalue weighted by Gasteiger charge is 2.15. The molecule has 0 unspecified atom stereocenters. The van der Waals surface area contributed by atoms with Gasteiger partial charge in [-0.25, -0.2) is 5.10 Å². The molecule has 0 spiro atoms. The molecule has 0 bridgehead atoms. The van der Waals surface area contributed by atoms with Gasteiger partial charge in [0.05, 0.1) is 16.3 Å². The van der Waals surface area contributed by atoms with E-state index in [1.165, 1.54) is 5.56 Å². The summed E-state index contributed by atoms with van der Waals surface area (Å²) in [5.74, 6) is 0.620. The van der Waals surface area contributed by atoms with Gasteiger partial charge >= 0.3 is 0 Å². The van der Waals surface area contributed by atoms with Gasteiger partial charge in [-0.2, -0.15) is 14.9 Å². The van der Waals surface area contributed by atoms with Crippen molar-refractivity contribution >= 4 is 41.6 Å². The van der Waals surface area contributed by atoms with Crippen molar-refractivity contribution in [1.29, 1.82) is 0 Å². The van der Waals surface area contributed by atoms with E-state index in [1.54, 1.807) is 29.1 Å². The van der Waals surface area contributed by atoms with Gasteiger partial charge in [0.15, 0.2) is 5.82 Å². The van der Waals surface area contributed by atoms with E-state index < -0.39 is 0 Å². The highest BCUT2D eigenvalue weighted by molar-refractivity contribution is 7.71. The van der Waals surface area contributed by atoms with Gasteiger partial charge in [0, 0.05) is 11.1 Å². The lowest BCUT2D eigenvalue weighted by Gasteiger charge is -2.18. The van der Waals surface area contributed by atoms with Crippen LogP contribution in [0, 0.1) is 4.77 Å². The van der Waals surface area contributed by atoms with E-state index in [0.29, 0.717) is 26.2 Å². The number of rotatable bonds is 3. The number of hydrogen-bond acceptors (Lipinski definition) is 3. The van der Waals surface area contributed by atoms with Crippen LogP contribution >= 0.6 is 35.4 Å². The summed E-state index contributed by atoms with van der Waals surface area (Å²) < 4.78 is 1.94. The Hall–Kier alpha value is -1.95. The average Bonchev–Trinajstić information content (AvgIpc) is 2.95. The predicted octanol–water partition coefficient (Wildman–Crippen LogP) is 6.09. The Balaban J connectivity index is 2.00. The maximum atomic E-state index is 6.19. The minimum Gasteiger partial charge on any atom is -0.250 e. The standard InChI is InChI=1S/C19H18Cl2N4S/c1-19(2,3)13-9-7-12(8-10-13)17-23-24-18(26)25(17)22-11-14-15(20)5-4-6-16(14)21/h4-11H,1-3H3,(H,24,26)/b22-11-. The Kier molecular flexibility index (Phi) is 5.32. The van der Waals surface area contributed by atoms with Crippen molar-refractivity contribution in [3.63, 3.8) is 0 Å². The minimum absolute atomic E-state index is 0.0855. The molecule has 0 fully saturated rings. The fourth-order valence-electron chi connectivity index (χ4n) is 2.45. The molecular formula is C19H18Cl2N4S. The summed E-state index contributed by atoms with van der Waals surface area (Å²) in [4.78, 5) is 0. The summed E-state index contributed by atoms with van der Waals surface area (Å²) in [7, 11) is 0. The van der Waals surface area contributed by atoms with E-state index in [4.69, 9.17) is 35.4 Å². The fourth-order valence-corrected chi connectivity index (χ4v) is 3.13. The SMILES string of the molecule is CC(C)(C)c1ccc(-c2n[nH]c(=S)n2/N=C\c2c(Cl)cccc2Cl)cc1. The third-order valence-corrected chi connectivity index (χ3v) is 4.88.